The average molecular weight is 427 g/mol. The van der Waals surface area contributed by atoms with Gasteiger partial charge in [0.15, 0.2) is 6.10 Å². The zero-order chi connectivity index (χ0) is 20.9. The molecule has 0 unspecified atom stereocenters. The fourth-order valence-electron chi connectivity index (χ4n) is 2.38. The summed E-state index contributed by atoms with van der Waals surface area (Å²) < 4.78 is 35.2. The summed E-state index contributed by atoms with van der Waals surface area (Å²) in [4.78, 5) is 12.5. The van der Waals surface area contributed by atoms with E-state index in [4.69, 9.17) is 21.1 Å². The highest BCUT2D eigenvalue weighted by molar-refractivity contribution is 7.92. The Morgan fingerprint density at radius 1 is 1.21 bits per heavy atom. The predicted molar refractivity (Wildman–Crippen MR) is 111 cm³/mol. The van der Waals surface area contributed by atoms with Gasteiger partial charge in [-0.05, 0) is 48.9 Å². The van der Waals surface area contributed by atoms with Gasteiger partial charge in [0.2, 0.25) is 10.0 Å². The van der Waals surface area contributed by atoms with Gasteiger partial charge >= 0.3 is 0 Å². The number of methoxy groups -OCH3 is 1. The van der Waals surface area contributed by atoms with Crippen LogP contribution in [-0.2, 0) is 14.8 Å². The Labute approximate surface area is 170 Å². The van der Waals surface area contributed by atoms with Gasteiger partial charge in [0.05, 0.1) is 24.1 Å². The molecule has 2 aromatic rings. The number of carbonyl (C=O) groups excluding carboxylic acids is 1. The van der Waals surface area contributed by atoms with Crippen molar-refractivity contribution in [3.63, 3.8) is 0 Å². The second-order valence-corrected chi connectivity index (χ2v) is 8.50. The molecule has 0 aliphatic rings. The van der Waals surface area contributed by atoms with Crippen LogP contribution in [0.2, 0.25) is 5.02 Å². The molecule has 1 atom stereocenters. The summed E-state index contributed by atoms with van der Waals surface area (Å²) in [5.74, 6) is 0.656. The van der Waals surface area contributed by atoms with Gasteiger partial charge in [-0.25, -0.2) is 8.42 Å². The number of hydrogen-bond donors (Lipinski definition) is 1. The highest BCUT2D eigenvalue weighted by Crippen LogP contribution is 2.27. The standard InChI is InChI=1S/C19H23ClN2O5S/c1-5-17(19(23)21-13-6-11-18(26-3)16(20)12-13)27-15-9-7-14(8-10-15)22(2)28(4,24)25/h6-12,17H,5H2,1-4H3,(H,21,23)/t17-/m1/s1. The van der Waals surface area contributed by atoms with Crippen LogP contribution in [0.3, 0.4) is 0 Å². The van der Waals surface area contributed by atoms with E-state index < -0.39 is 16.1 Å². The number of carbonyl (C=O) groups is 1. The van der Waals surface area contributed by atoms with Crippen molar-refractivity contribution in [2.24, 2.45) is 0 Å². The first-order valence-electron chi connectivity index (χ1n) is 8.50. The van der Waals surface area contributed by atoms with E-state index in [1.165, 1.54) is 14.2 Å². The first-order valence-corrected chi connectivity index (χ1v) is 10.7. The molecule has 1 amide bonds. The molecule has 2 aromatic carbocycles. The number of benzene rings is 2. The molecule has 1 N–H and O–H groups in total. The molecule has 0 bridgehead atoms. The van der Waals surface area contributed by atoms with Crippen molar-refractivity contribution in [1.82, 2.24) is 0 Å². The van der Waals surface area contributed by atoms with Gasteiger partial charge < -0.3 is 14.8 Å². The summed E-state index contributed by atoms with van der Waals surface area (Å²) in [6.45, 7) is 1.83. The summed E-state index contributed by atoms with van der Waals surface area (Å²) in [5, 5.41) is 3.15. The van der Waals surface area contributed by atoms with Crippen LogP contribution >= 0.6 is 11.6 Å². The monoisotopic (exact) mass is 426 g/mol. The van der Waals surface area contributed by atoms with Gasteiger partial charge in [0.1, 0.15) is 11.5 Å². The number of halogens is 1. The number of hydrogen-bond acceptors (Lipinski definition) is 5. The minimum Gasteiger partial charge on any atom is -0.495 e. The highest BCUT2D eigenvalue weighted by Gasteiger charge is 2.19. The molecule has 0 heterocycles. The third kappa shape index (κ3) is 5.53. The van der Waals surface area contributed by atoms with E-state index in [2.05, 4.69) is 5.32 Å². The lowest BCUT2D eigenvalue weighted by molar-refractivity contribution is -0.122. The minimum absolute atomic E-state index is 0.318. The average Bonchev–Trinajstić information content (AvgIpc) is 2.65. The van der Waals surface area contributed by atoms with Crippen LogP contribution in [0, 0.1) is 0 Å². The Balaban J connectivity index is 2.07. The van der Waals surface area contributed by atoms with Gasteiger partial charge in [-0.1, -0.05) is 18.5 Å². The second-order valence-electron chi connectivity index (χ2n) is 6.08. The summed E-state index contributed by atoms with van der Waals surface area (Å²) in [6, 6.07) is 11.4. The van der Waals surface area contributed by atoms with E-state index in [1.54, 1.807) is 42.5 Å². The van der Waals surface area contributed by atoms with Crippen LogP contribution in [0.25, 0.3) is 0 Å². The normalized spacial score (nSPS) is 12.2. The third-order valence-electron chi connectivity index (χ3n) is 4.06. The zero-order valence-electron chi connectivity index (χ0n) is 16.1. The number of nitrogens with zero attached hydrogens (tertiary/aromatic N) is 1. The number of nitrogens with one attached hydrogen (secondary N) is 1. The molecule has 9 heteroatoms. The molecule has 0 aliphatic carbocycles. The van der Waals surface area contributed by atoms with E-state index in [1.807, 2.05) is 6.92 Å². The number of ether oxygens (including phenoxy) is 2. The molecule has 0 aromatic heterocycles. The third-order valence-corrected chi connectivity index (χ3v) is 5.56. The molecule has 2 rings (SSSR count). The van der Waals surface area contributed by atoms with E-state index in [-0.39, 0.29) is 5.91 Å². The zero-order valence-corrected chi connectivity index (χ0v) is 17.7. The number of amides is 1. The molecular formula is C19H23ClN2O5S. The summed E-state index contributed by atoms with van der Waals surface area (Å²) in [5.41, 5.74) is 1.03. The van der Waals surface area contributed by atoms with Gasteiger partial charge in [-0.3, -0.25) is 9.10 Å². The van der Waals surface area contributed by atoms with Crippen molar-refractivity contribution in [2.45, 2.75) is 19.4 Å². The smallest absolute Gasteiger partial charge is 0.265 e. The van der Waals surface area contributed by atoms with E-state index in [0.29, 0.717) is 34.3 Å². The Morgan fingerprint density at radius 2 is 1.86 bits per heavy atom. The number of anilines is 2. The first-order chi connectivity index (χ1) is 13.2. The minimum atomic E-state index is -3.34. The fraction of sp³-hybridized carbons (Fsp3) is 0.316. The van der Waals surface area contributed by atoms with Crippen molar-refractivity contribution < 1.29 is 22.7 Å². The van der Waals surface area contributed by atoms with Crippen molar-refractivity contribution >= 4 is 38.9 Å². The SMILES string of the molecule is CC[C@@H](Oc1ccc(N(C)S(C)(=O)=O)cc1)C(=O)Nc1ccc(OC)c(Cl)c1. The van der Waals surface area contributed by atoms with E-state index in [9.17, 15) is 13.2 Å². The van der Waals surface area contributed by atoms with Crippen LogP contribution in [0.5, 0.6) is 11.5 Å². The highest BCUT2D eigenvalue weighted by atomic mass is 35.5. The molecule has 0 saturated heterocycles. The molecule has 0 radical (unpaired) electrons. The van der Waals surface area contributed by atoms with Crippen LogP contribution in [-0.4, -0.2) is 40.8 Å². The number of sulfonamides is 1. The second kappa shape index (κ2) is 9.16. The molecular weight excluding hydrogens is 404 g/mol. The van der Waals surface area contributed by atoms with Crippen molar-refractivity contribution in [2.75, 3.05) is 30.0 Å². The quantitative estimate of drug-likeness (QED) is 0.697. The topological polar surface area (TPSA) is 84.9 Å². The lowest BCUT2D eigenvalue weighted by Gasteiger charge is -2.19. The van der Waals surface area contributed by atoms with Gasteiger partial charge in [0, 0.05) is 12.7 Å². The maximum absolute atomic E-state index is 12.5. The summed E-state index contributed by atoms with van der Waals surface area (Å²) >= 11 is 6.07. The molecule has 0 aliphatic heterocycles. The predicted octanol–water partition coefficient (Wildman–Crippen LogP) is 3.54. The lowest BCUT2D eigenvalue weighted by Crippen LogP contribution is -2.32. The van der Waals surface area contributed by atoms with E-state index >= 15 is 0 Å². The fourth-order valence-corrected chi connectivity index (χ4v) is 3.14. The van der Waals surface area contributed by atoms with Gasteiger partial charge in [-0.2, -0.15) is 0 Å². The van der Waals surface area contributed by atoms with Crippen LogP contribution < -0.4 is 19.1 Å². The molecule has 7 nitrogen and oxygen atoms in total. The van der Waals surface area contributed by atoms with E-state index in [0.717, 1.165) is 10.6 Å². The maximum Gasteiger partial charge on any atom is 0.265 e. The van der Waals surface area contributed by atoms with Crippen LogP contribution in [0.1, 0.15) is 13.3 Å². The van der Waals surface area contributed by atoms with Crippen molar-refractivity contribution in [1.29, 1.82) is 0 Å². The Morgan fingerprint density at radius 3 is 2.36 bits per heavy atom. The van der Waals surface area contributed by atoms with Crippen LogP contribution in [0.15, 0.2) is 42.5 Å². The molecule has 0 spiro atoms. The van der Waals surface area contributed by atoms with Crippen LogP contribution in [0.4, 0.5) is 11.4 Å². The molecule has 152 valence electrons. The molecule has 28 heavy (non-hydrogen) atoms. The molecule has 0 fully saturated rings. The summed E-state index contributed by atoms with van der Waals surface area (Å²) in [6.07, 6.45) is 0.848. The first kappa shape index (κ1) is 21.8. The maximum atomic E-state index is 12.5. The largest absolute Gasteiger partial charge is 0.495 e. The number of rotatable bonds is 8. The van der Waals surface area contributed by atoms with Gasteiger partial charge in [-0.15, -0.1) is 0 Å². The Bertz CT molecular complexity index is 932. The van der Waals surface area contributed by atoms with Gasteiger partial charge in [0.25, 0.3) is 5.91 Å². The van der Waals surface area contributed by atoms with Crippen molar-refractivity contribution in [3.8, 4) is 11.5 Å². The van der Waals surface area contributed by atoms with Crippen molar-refractivity contribution in [3.05, 3.63) is 47.5 Å². The Kier molecular flexibility index (Phi) is 7.15. The summed E-state index contributed by atoms with van der Waals surface area (Å²) in [7, 11) is -0.365. The lowest BCUT2D eigenvalue weighted by atomic mass is 10.2. The Hall–Kier alpha value is -2.45. The molecule has 0 saturated carbocycles.